The van der Waals surface area contributed by atoms with Gasteiger partial charge in [0.2, 0.25) is 0 Å². The summed E-state index contributed by atoms with van der Waals surface area (Å²) >= 11 is 0. The van der Waals surface area contributed by atoms with Crippen LogP contribution in [0.15, 0.2) is 47.3 Å². The van der Waals surface area contributed by atoms with Crippen molar-refractivity contribution >= 4 is 17.6 Å². The van der Waals surface area contributed by atoms with Crippen LogP contribution in [-0.2, 0) is 16.0 Å². The monoisotopic (exact) mass is 546 g/mol. The second-order valence-corrected chi connectivity index (χ2v) is 10.9. The molecule has 2 N–H and O–H groups in total. The van der Waals surface area contributed by atoms with Gasteiger partial charge in [-0.25, -0.2) is 17.6 Å². The molecule has 0 spiro atoms. The van der Waals surface area contributed by atoms with Crippen molar-refractivity contribution in [3.05, 3.63) is 92.8 Å². The van der Waals surface area contributed by atoms with E-state index in [0.29, 0.717) is 23.5 Å². The highest BCUT2D eigenvalue weighted by Crippen LogP contribution is 2.29. The van der Waals surface area contributed by atoms with E-state index >= 15 is 8.78 Å². The summed E-state index contributed by atoms with van der Waals surface area (Å²) in [6, 6.07) is 6.24. The normalized spacial score (nSPS) is 11.9. The summed E-state index contributed by atoms with van der Waals surface area (Å²) in [5, 5.41) is 0. The number of aryl methyl sites for hydroxylation is 1. The van der Waals surface area contributed by atoms with E-state index in [1.165, 1.54) is 0 Å². The van der Waals surface area contributed by atoms with Crippen molar-refractivity contribution in [2.24, 2.45) is 5.41 Å². The standard InChI is InChI=1S/C29H30F4N2O4/c1-28(2,3)39-27(38)29(4,5)12-6-7-16-13-21(32)24(22(33)14-16)35-23(36)11-10-19(26(35)34)25(37)18-9-8-17(30)15-20(18)31/h8-11,13-15H,6-7,12,34H2,1-5H3. The molecule has 0 aliphatic rings. The zero-order chi connectivity index (χ0) is 29.3. The van der Waals surface area contributed by atoms with Gasteiger partial charge in [0.1, 0.15) is 28.7 Å². The Morgan fingerprint density at radius 2 is 1.46 bits per heavy atom. The Hall–Kier alpha value is -3.95. The molecule has 0 bridgehead atoms. The number of benzene rings is 2. The quantitative estimate of drug-likeness (QED) is 0.216. The van der Waals surface area contributed by atoms with E-state index < -0.39 is 68.3 Å². The molecule has 39 heavy (non-hydrogen) atoms. The predicted octanol–water partition coefficient (Wildman–Crippen LogP) is 5.90. The average Bonchev–Trinajstić information content (AvgIpc) is 2.79. The number of rotatable bonds is 8. The van der Waals surface area contributed by atoms with Crippen molar-refractivity contribution in [2.45, 2.75) is 59.5 Å². The Bertz CT molecular complexity index is 1470. The number of esters is 1. The topological polar surface area (TPSA) is 91.4 Å². The third kappa shape index (κ3) is 6.74. The van der Waals surface area contributed by atoms with Gasteiger partial charge in [0.15, 0.2) is 17.4 Å². The smallest absolute Gasteiger partial charge is 0.312 e. The number of ether oxygens (including phenoxy) is 1. The second kappa shape index (κ2) is 11.0. The molecule has 6 nitrogen and oxygen atoms in total. The van der Waals surface area contributed by atoms with Crippen LogP contribution >= 0.6 is 0 Å². The fourth-order valence-electron chi connectivity index (χ4n) is 4.02. The van der Waals surface area contributed by atoms with Crippen LogP contribution in [0.5, 0.6) is 0 Å². The Kier molecular flexibility index (Phi) is 8.38. The minimum absolute atomic E-state index is 0.229. The maximum Gasteiger partial charge on any atom is 0.312 e. The molecule has 1 aromatic heterocycles. The van der Waals surface area contributed by atoms with Crippen molar-refractivity contribution in [3.63, 3.8) is 0 Å². The number of hydrogen-bond donors (Lipinski definition) is 1. The number of nitrogen functional groups attached to an aromatic ring is 1. The lowest BCUT2D eigenvalue weighted by atomic mass is 9.86. The molecule has 0 atom stereocenters. The van der Waals surface area contributed by atoms with Gasteiger partial charge >= 0.3 is 5.97 Å². The minimum atomic E-state index is -1.16. The summed E-state index contributed by atoms with van der Waals surface area (Å²) < 4.78 is 63.7. The van der Waals surface area contributed by atoms with Gasteiger partial charge in [-0.1, -0.05) is 0 Å². The second-order valence-electron chi connectivity index (χ2n) is 10.9. The lowest BCUT2D eigenvalue weighted by molar-refractivity contribution is -0.166. The van der Waals surface area contributed by atoms with E-state index in [9.17, 15) is 23.2 Å². The van der Waals surface area contributed by atoms with Crippen molar-refractivity contribution < 1.29 is 31.9 Å². The average molecular weight is 547 g/mol. The first-order chi connectivity index (χ1) is 18.0. The maximum atomic E-state index is 15.2. The Morgan fingerprint density at radius 3 is 2.03 bits per heavy atom. The molecule has 0 aliphatic heterocycles. The van der Waals surface area contributed by atoms with E-state index in [2.05, 4.69) is 0 Å². The molecule has 3 aromatic rings. The molecule has 0 saturated carbocycles. The van der Waals surface area contributed by atoms with E-state index in [1.807, 2.05) is 0 Å². The van der Waals surface area contributed by atoms with Gasteiger partial charge in [-0.15, -0.1) is 0 Å². The van der Waals surface area contributed by atoms with Crippen LogP contribution in [0.4, 0.5) is 23.4 Å². The van der Waals surface area contributed by atoms with Crippen molar-refractivity contribution in [2.75, 3.05) is 5.73 Å². The van der Waals surface area contributed by atoms with Crippen LogP contribution in [0, 0.1) is 28.7 Å². The van der Waals surface area contributed by atoms with Gasteiger partial charge < -0.3 is 10.5 Å². The highest BCUT2D eigenvalue weighted by Gasteiger charge is 2.32. The molecule has 0 fully saturated rings. The van der Waals surface area contributed by atoms with Gasteiger partial charge in [0, 0.05) is 12.1 Å². The number of carbonyl (C=O) groups excluding carboxylic acids is 2. The molecular formula is C29H30F4N2O4. The summed E-state index contributed by atoms with van der Waals surface area (Å²) in [6.45, 7) is 8.75. The van der Waals surface area contributed by atoms with E-state index in [4.69, 9.17) is 10.5 Å². The first-order valence-corrected chi connectivity index (χ1v) is 12.2. The van der Waals surface area contributed by atoms with Crippen LogP contribution in [0.1, 0.15) is 68.9 Å². The first kappa shape index (κ1) is 29.6. The molecule has 0 amide bonds. The lowest BCUT2D eigenvalue weighted by Gasteiger charge is -2.28. The van der Waals surface area contributed by atoms with Gasteiger partial charge in [0.25, 0.3) is 5.56 Å². The number of carbonyl (C=O) groups is 2. The maximum absolute atomic E-state index is 15.2. The lowest BCUT2D eigenvalue weighted by Crippen LogP contribution is -2.33. The van der Waals surface area contributed by atoms with Crippen LogP contribution in [0.3, 0.4) is 0 Å². The molecule has 0 unspecified atom stereocenters. The molecular weight excluding hydrogens is 516 g/mol. The van der Waals surface area contributed by atoms with Crippen LogP contribution in [0.25, 0.3) is 5.69 Å². The fourth-order valence-corrected chi connectivity index (χ4v) is 4.02. The summed E-state index contributed by atoms with van der Waals surface area (Å²) in [5.41, 5.74) is 2.14. The molecule has 2 aromatic carbocycles. The fraction of sp³-hybridized carbons (Fsp3) is 0.345. The minimum Gasteiger partial charge on any atom is -0.460 e. The third-order valence-electron chi connectivity index (χ3n) is 6.07. The number of pyridine rings is 1. The third-order valence-corrected chi connectivity index (χ3v) is 6.07. The van der Waals surface area contributed by atoms with E-state index in [1.54, 1.807) is 34.6 Å². The molecule has 10 heteroatoms. The van der Waals surface area contributed by atoms with E-state index in [-0.39, 0.29) is 18.0 Å². The number of ketones is 1. The molecule has 0 saturated heterocycles. The zero-order valence-corrected chi connectivity index (χ0v) is 22.3. The van der Waals surface area contributed by atoms with Gasteiger partial charge in [-0.3, -0.25) is 19.0 Å². The molecule has 1 heterocycles. The summed E-state index contributed by atoms with van der Waals surface area (Å²) in [4.78, 5) is 37.9. The highest BCUT2D eigenvalue weighted by molar-refractivity contribution is 6.11. The number of aromatic nitrogens is 1. The number of anilines is 1. The SMILES string of the molecule is CC(C)(C)OC(=O)C(C)(C)CCCc1cc(F)c(-n2c(N)c(C(=O)c3ccc(F)cc3F)ccc2=O)c(F)c1. The van der Waals surface area contributed by atoms with Gasteiger partial charge in [-0.05, 0) is 89.8 Å². The van der Waals surface area contributed by atoms with Crippen LogP contribution < -0.4 is 11.3 Å². The predicted molar refractivity (Wildman–Crippen MR) is 139 cm³/mol. The Balaban J connectivity index is 1.88. The Labute approximate surface area is 223 Å². The summed E-state index contributed by atoms with van der Waals surface area (Å²) in [6.07, 6.45) is 1.04. The number of nitrogens with two attached hydrogens (primary N) is 1. The zero-order valence-electron chi connectivity index (χ0n) is 22.3. The van der Waals surface area contributed by atoms with Crippen molar-refractivity contribution in [3.8, 4) is 5.69 Å². The number of nitrogens with zero attached hydrogens (tertiary/aromatic N) is 1. The molecule has 3 rings (SSSR count). The van der Waals surface area contributed by atoms with Crippen molar-refractivity contribution in [1.29, 1.82) is 0 Å². The summed E-state index contributed by atoms with van der Waals surface area (Å²) in [5.74, 6) is -6.27. The number of hydrogen-bond acceptors (Lipinski definition) is 5. The Morgan fingerprint density at radius 1 is 0.872 bits per heavy atom. The van der Waals surface area contributed by atoms with E-state index in [0.717, 1.165) is 36.4 Å². The van der Waals surface area contributed by atoms with Gasteiger partial charge in [0.05, 0.1) is 16.5 Å². The first-order valence-electron chi connectivity index (χ1n) is 12.2. The van der Waals surface area contributed by atoms with Crippen LogP contribution in [0.2, 0.25) is 0 Å². The molecule has 0 radical (unpaired) electrons. The van der Waals surface area contributed by atoms with Gasteiger partial charge in [-0.2, -0.15) is 0 Å². The molecule has 0 aliphatic carbocycles. The highest BCUT2D eigenvalue weighted by atomic mass is 19.1. The molecule has 208 valence electrons. The van der Waals surface area contributed by atoms with Crippen LogP contribution in [-0.4, -0.2) is 21.9 Å². The van der Waals surface area contributed by atoms with Crippen molar-refractivity contribution in [1.82, 2.24) is 4.57 Å². The largest absolute Gasteiger partial charge is 0.460 e. The number of halogens is 4. The summed E-state index contributed by atoms with van der Waals surface area (Å²) in [7, 11) is 0.